The Balaban J connectivity index is 2.04. The summed E-state index contributed by atoms with van der Waals surface area (Å²) in [5.74, 6) is -2.49. The Morgan fingerprint density at radius 2 is 1.45 bits per heavy atom. The molecule has 0 saturated heterocycles. The third-order valence-electron chi connectivity index (χ3n) is 5.28. The lowest BCUT2D eigenvalue weighted by atomic mass is 10.1. The Labute approximate surface area is 214 Å². The van der Waals surface area contributed by atoms with Crippen molar-refractivity contribution in [2.75, 3.05) is 7.11 Å². The van der Waals surface area contributed by atoms with Gasteiger partial charge in [-0.05, 0) is 30.3 Å². The van der Waals surface area contributed by atoms with E-state index in [4.69, 9.17) is 4.74 Å². The number of pyridine rings is 1. The predicted molar refractivity (Wildman–Crippen MR) is 112 cm³/mol. The molecule has 0 aliphatic rings. The van der Waals surface area contributed by atoms with Crippen molar-refractivity contribution in [1.82, 2.24) is 24.5 Å². The van der Waals surface area contributed by atoms with Crippen LogP contribution in [0, 0.1) is 0 Å². The molecule has 4 aromatic rings. The summed E-state index contributed by atoms with van der Waals surface area (Å²) in [5, 5.41) is 0. The second-order valence-corrected chi connectivity index (χ2v) is 8.05. The second kappa shape index (κ2) is 9.51. The van der Waals surface area contributed by atoms with Gasteiger partial charge in [-0.15, -0.1) is 0 Å². The quantitative estimate of drug-likeness (QED) is 0.236. The van der Waals surface area contributed by atoms with Crippen molar-refractivity contribution in [2.45, 2.75) is 31.2 Å². The number of rotatable bonds is 4. The van der Waals surface area contributed by atoms with E-state index in [1.165, 1.54) is 0 Å². The van der Waals surface area contributed by atoms with Crippen LogP contribution in [0.1, 0.15) is 17.0 Å². The van der Waals surface area contributed by atoms with Gasteiger partial charge in [0, 0.05) is 11.8 Å². The minimum absolute atomic E-state index is 0.165. The summed E-state index contributed by atoms with van der Waals surface area (Å²) in [6.45, 7) is -2.00. The van der Waals surface area contributed by atoms with Gasteiger partial charge >= 0.3 is 24.7 Å². The smallest absolute Gasteiger partial charge is 0.435 e. The zero-order valence-electron chi connectivity index (χ0n) is 19.4. The van der Waals surface area contributed by atoms with Gasteiger partial charge in [-0.25, -0.2) is 15.0 Å². The summed E-state index contributed by atoms with van der Waals surface area (Å²) < 4.78 is 166. The molecule has 18 heteroatoms. The first-order valence-electron chi connectivity index (χ1n) is 10.5. The van der Waals surface area contributed by atoms with Crippen LogP contribution in [0.4, 0.5) is 52.7 Å². The molecular weight excluding hydrogens is 578 g/mol. The second-order valence-electron chi connectivity index (χ2n) is 8.05. The topological polar surface area (TPSA) is 65.7 Å². The summed E-state index contributed by atoms with van der Waals surface area (Å²) in [6, 6.07) is 2.62. The van der Waals surface area contributed by atoms with Gasteiger partial charge in [-0.1, -0.05) is 0 Å². The number of methoxy groups -OCH3 is 1. The monoisotopic (exact) mass is 589 g/mol. The molecule has 0 aliphatic heterocycles. The molecule has 4 rings (SSSR count). The molecule has 214 valence electrons. The Morgan fingerprint density at radius 3 is 1.95 bits per heavy atom. The highest BCUT2D eigenvalue weighted by Gasteiger charge is 2.40. The van der Waals surface area contributed by atoms with E-state index >= 15 is 0 Å². The summed E-state index contributed by atoms with van der Waals surface area (Å²) >= 11 is 0. The highest BCUT2D eigenvalue weighted by molar-refractivity contribution is 5.83. The zero-order chi connectivity index (χ0) is 29.8. The normalized spacial score (nSPS) is 13.2. The first-order valence-corrected chi connectivity index (χ1v) is 10.5. The number of fused-ring (bicyclic) bond motifs is 1. The number of hydrogen-bond acceptors (Lipinski definition) is 5. The van der Waals surface area contributed by atoms with Gasteiger partial charge in [-0.2, -0.15) is 52.7 Å². The standard InChI is InChI=1S/C22H11F12N5O/c1-40-12-6-10(20(26,27)28)3-4-11(12)17-36-14-15(22(32,33)34)37-16(38-18(14)39(17)8-19(23,24)25)9-2-5-13(35-7-9)21(29,30)31/h2-7H,8H2,1H3. The van der Waals surface area contributed by atoms with E-state index in [1.807, 2.05) is 0 Å². The van der Waals surface area contributed by atoms with Crippen LogP contribution in [-0.2, 0) is 25.1 Å². The van der Waals surface area contributed by atoms with Gasteiger partial charge < -0.3 is 4.74 Å². The van der Waals surface area contributed by atoms with Gasteiger partial charge in [0.15, 0.2) is 17.2 Å². The molecule has 40 heavy (non-hydrogen) atoms. The van der Waals surface area contributed by atoms with Crippen molar-refractivity contribution in [3.8, 4) is 28.5 Å². The van der Waals surface area contributed by atoms with Crippen LogP contribution < -0.4 is 4.74 Å². The molecule has 6 nitrogen and oxygen atoms in total. The van der Waals surface area contributed by atoms with Crippen molar-refractivity contribution >= 4 is 11.2 Å². The van der Waals surface area contributed by atoms with Gasteiger partial charge in [0.1, 0.15) is 29.3 Å². The average Bonchev–Trinajstić information content (AvgIpc) is 3.17. The first kappa shape index (κ1) is 28.9. The molecule has 0 bridgehead atoms. The van der Waals surface area contributed by atoms with Gasteiger partial charge in [0.05, 0.1) is 18.2 Å². The maximum atomic E-state index is 14.0. The van der Waals surface area contributed by atoms with Crippen LogP contribution >= 0.6 is 0 Å². The van der Waals surface area contributed by atoms with Crippen molar-refractivity contribution in [3.05, 3.63) is 53.5 Å². The van der Waals surface area contributed by atoms with E-state index < -0.39 is 87.9 Å². The molecule has 0 fully saturated rings. The van der Waals surface area contributed by atoms with E-state index in [1.54, 1.807) is 0 Å². The largest absolute Gasteiger partial charge is 0.496 e. The van der Waals surface area contributed by atoms with Crippen molar-refractivity contribution in [2.24, 2.45) is 0 Å². The summed E-state index contributed by atoms with van der Waals surface area (Å²) in [7, 11) is 0.881. The Hall–Kier alpha value is -4.12. The van der Waals surface area contributed by atoms with E-state index in [0.29, 0.717) is 36.5 Å². The van der Waals surface area contributed by atoms with E-state index in [9.17, 15) is 52.7 Å². The molecule has 0 aliphatic carbocycles. The fourth-order valence-electron chi connectivity index (χ4n) is 3.61. The van der Waals surface area contributed by atoms with Crippen molar-refractivity contribution < 1.29 is 57.4 Å². The Morgan fingerprint density at radius 1 is 0.775 bits per heavy atom. The van der Waals surface area contributed by atoms with Gasteiger partial charge in [0.25, 0.3) is 0 Å². The number of aromatic nitrogens is 5. The highest BCUT2D eigenvalue weighted by atomic mass is 19.4. The zero-order valence-corrected chi connectivity index (χ0v) is 19.4. The fourth-order valence-corrected chi connectivity index (χ4v) is 3.61. The minimum atomic E-state index is -5.35. The summed E-state index contributed by atoms with van der Waals surface area (Å²) in [6.07, 6.45) is -19.8. The molecule has 0 N–H and O–H groups in total. The van der Waals surface area contributed by atoms with E-state index in [0.717, 1.165) is 7.11 Å². The number of alkyl halides is 12. The fraction of sp³-hybridized carbons (Fsp3) is 0.273. The first-order chi connectivity index (χ1) is 18.3. The highest BCUT2D eigenvalue weighted by Crippen LogP contribution is 2.41. The number of nitrogens with zero attached hydrogens (tertiary/aromatic N) is 5. The minimum Gasteiger partial charge on any atom is -0.496 e. The number of hydrogen-bond donors (Lipinski definition) is 0. The number of benzene rings is 1. The van der Waals surface area contributed by atoms with Gasteiger partial charge in [-0.3, -0.25) is 9.55 Å². The lowest BCUT2D eigenvalue weighted by Crippen LogP contribution is -2.19. The van der Waals surface area contributed by atoms with Crippen LogP contribution in [0.3, 0.4) is 0 Å². The Kier molecular flexibility index (Phi) is 6.87. The van der Waals surface area contributed by atoms with Crippen LogP contribution in [0.15, 0.2) is 36.5 Å². The van der Waals surface area contributed by atoms with Gasteiger partial charge in [0.2, 0.25) is 0 Å². The molecule has 0 atom stereocenters. The lowest BCUT2D eigenvalue weighted by Gasteiger charge is -2.15. The van der Waals surface area contributed by atoms with Crippen LogP contribution in [-0.4, -0.2) is 37.8 Å². The maximum Gasteiger partial charge on any atom is 0.435 e. The van der Waals surface area contributed by atoms with Crippen LogP contribution in [0.25, 0.3) is 33.9 Å². The van der Waals surface area contributed by atoms with E-state index in [-0.39, 0.29) is 4.57 Å². The lowest BCUT2D eigenvalue weighted by molar-refractivity contribution is -0.141. The summed E-state index contributed by atoms with van der Waals surface area (Å²) in [4.78, 5) is 13.7. The summed E-state index contributed by atoms with van der Waals surface area (Å²) in [5.41, 5.74) is -7.81. The Bertz CT molecular complexity index is 1550. The number of ether oxygens (including phenoxy) is 1. The number of imidazole rings is 1. The van der Waals surface area contributed by atoms with Crippen molar-refractivity contribution in [3.63, 3.8) is 0 Å². The molecular formula is C22H11F12N5O. The molecule has 3 aromatic heterocycles. The molecule has 0 unspecified atom stereocenters. The van der Waals surface area contributed by atoms with Crippen LogP contribution in [0.5, 0.6) is 5.75 Å². The third-order valence-corrected chi connectivity index (χ3v) is 5.28. The van der Waals surface area contributed by atoms with Crippen molar-refractivity contribution in [1.29, 1.82) is 0 Å². The average molecular weight is 589 g/mol. The number of halogens is 12. The molecule has 0 spiro atoms. The molecule has 0 saturated carbocycles. The SMILES string of the molecule is COc1cc(C(F)(F)F)ccc1-c1nc2c(C(F)(F)F)nc(-c3ccc(C(F)(F)F)nc3)nc2n1CC(F)(F)F. The molecule has 0 amide bonds. The molecule has 0 radical (unpaired) electrons. The molecule has 3 heterocycles. The predicted octanol–water partition coefficient (Wildman–Crippen LogP) is 7.18. The molecule has 1 aromatic carbocycles. The van der Waals surface area contributed by atoms with Crippen LogP contribution in [0.2, 0.25) is 0 Å². The van der Waals surface area contributed by atoms with E-state index in [2.05, 4.69) is 19.9 Å². The maximum absolute atomic E-state index is 14.0. The third kappa shape index (κ3) is 5.74.